The molecule has 2 aromatic heterocycles. The van der Waals surface area contributed by atoms with E-state index in [-0.39, 0.29) is 6.61 Å². The van der Waals surface area contributed by atoms with Gasteiger partial charge in [0, 0.05) is 16.3 Å². The third-order valence-electron chi connectivity index (χ3n) is 5.10. The monoisotopic (exact) mass is 519 g/mol. The number of nitrogens with zero attached hydrogens (tertiary/aromatic N) is 5. The Morgan fingerprint density at radius 1 is 0.833 bits per heavy atom. The number of halogens is 1. The van der Waals surface area contributed by atoms with E-state index >= 15 is 0 Å². The van der Waals surface area contributed by atoms with Crippen LogP contribution < -0.4 is 9.47 Å². The molecule has 5 rings (SSSR count). The van der Waals surface area contributed by atoms with Crippen molar-refractivity contribution in [2.24, 2.45) is 0 Å². The Morgan fingerprint density at radius 2 is 1.56 bits per heavy atom. The van der Waals surface area contributed by atoms with Crippen LogP contribution in [-0.2, 0) is 12.4 Å². The fourth-order valence-corrected chi connectivity index (χ4v) is 4.35. The molecule has 182 valence electrons. The van der Waals surface area contributed by atoms with E-state index in [4.69, 9.17) is 25.5 Å². The van der Waals surface area contributed by atoms with Gasteiger partial charge in [0.1, 0.15) is 18.1 Å². The molecule has 0 spiro atoms. The predicted octanol–water partition coefficient (Wildman–Crippen LogP) is 6.24. The van der Waals surface area contributed by atoms with Gasteiger partial charge in [0.05, 0.1) is 12.4 Å². The molecular formula is C26H22ClN5O3S. The summed E-state index contributed by atoms with van der Waals surface area (Å²) in [5, 5.41) is 18.4. The summed E-state index contributed by atoms with van der Waals surface area (Å²) in [7, 11) is 0. The molecule has 10 heteroatoms. The summed E-state index contributed by atoms with van der Waals surface area (Å²) in [5.41, 5.74) is 1.74. The first-order valence-corrected chi connectivity index (χ1v) is 12.6. The molecule has 0 saturated carbocycles. The maximum atomic E-state index is 6.11. The molecule has 0 amide bonds. The number of thioether (sulfide) groups is 1. The first kappa shape index (κ1) is 23.9. The van der Waals surface area contributed by atoms with Crippen molar-refractivity contribution in [1.29, 1.82) is 0 Å². The van der Waals surface area contributed by atoms with Crippen molar-refractivity contribution in [1.82, 2.24) is 25.0 Å². The number of rotatable bonds is 10. The standard InChI is InChI=1S/C26H22ClN5O3S/c1-2-33-21-12-14-22(15-13-21)34-16-23-28-31-26(32(23)20-10-8-19(27)9-11-20)36-17-24-29-30-25(35-24)18-6-4-3-5-7-18/h3-15H,2,16-17H2,1H3. The molecule has 0 unspecified atom stereocenters. The molecule has 0 aliphatic heterocycles. The van der Waals surface area contributed by atoms with Crippen molar-refractivity contribution >= 4 is 23.4 Å². The molecule has 8 nitrogen and oxygen atoms in total. The van der Waals surface area contributed by atoms with Crippen LogP contribution in [0.25, 0.3) is 17.1 Å². The van der Waals surface area contributed by atoms with Gasteiger partial charge in [0.15, 0.2) is 11.0 Å². The average molecular weight is 520 g/mol. The fourth-order valence-electron chi connectivity index (χ4n) is 3.42. The summed E-state index contributed by atoms with van der Waals surface area (Å²) in [5.74, 6) is 3.56. The number of benzene rings is 3. The highest BCUT2D eigenvalue weighted by atomic mass is 35.5. The van der Waals surface area contributed by atoms with Crippen LogP contribution in [0.2, 0.25) is 5.02 Å². The van der Waals surface area contributed by atoms with Crippen molar-refractivity contribution < 1.29 is 13.9 Å². The lowest BCUT2D eigenvalue weighted by atomic mass is 10.2. The van der Waals surface area contributed by atoms with E-state index in [0.717, 1.165) is 17.0 Å². The molecule has 2 heterocycles. The van der Waals surface area contributed by atoms with E-state index in [1.807, 2.05) is 90.4 Å². The maximum Gasteiger partial charge on any atom is 0.247 e. The topological polar surface area (TPSA) is 88.1 Å². The van der Waals surface area contributed by atoms with Gasteiger partial charge >= 0.3 is 0 Å². The van der Waals surface area contributed by atoms with Gasteiger partial charge < -0.3 is 13.9 Å². The predicted molar refractivity (Wildman–Crippen MR) is 138 cm³/mol. The summed E-state index contributed by atoms with van der Waals surface area (Å²) in [6.07, 6.45) is 0. The van der Waals surface area contributed by atoms with Crippen LogP contribution in [0, 0.1) is 0 Å². The summed E-state index contributed by atoms with van der Waals surface area (Å²) < 4.78 is 19.2. The van der Waals surface area contributed by atoms with E-state index in [1.165, 1.54) is 11.8 Å². The molecular weight excluding hydrogens is 498 g/mol. The smallest absolute Gasteiger partial charge is 0.247 e. The van der Waals surface area contributed by atoms with Crippen molar-refractivity contribution in [2.45, 2.75) is 24.4 Å². The van der Waals surface area contributed by atoms with Gasteiger partial charge in [0.2, 0.25) is 11.8 Å². The van der Waals surface area contributed by atoms with Gasteiger partial charge in [-0.15, -0.1) is 20.4 Å². The molecule has 36 heavy (non-hydrogen) atoms. The highest BCUT2D eigenvalue weighted by molar-refractivity contribution is 7.98. The molecule has 0 atom stereocenters. The van der Waals surface area contributed by atoms with Gasteiger partial charge in [-0.05, 0) is 67.6 Å². The summed E-state index contributed by atoms with van der Waals surface area (Å²) in [4.78, 5) is 0. The van der Waals surface area contributed by atoms with E-state index in [9.17, 15) is 0 Å². The first-order valence-electron chi connectivity index (χ1n) is 11.3. The van der Waals surface area contributed by atoms with Crippen molar-refractivity contribution in [3.63, 3.8) is 0 Å². The Labute approximate surface area is 217 Å². The summed E-state index contributed by atoms with van der Waals surface area (Å²) in [6.45, 7) is 2.79. The van der Waals surface area contributed by atoms with E-state index in [0.29, 0.717) is 45.9 Å². The fraction of sp³-hybridized carbons (Fsp3) is 0.154. The second-order valence-electron chi connectivity index (χ2n) is 7.56. The zero-order valence-corrected chi connectivity index (χ0v) is 20.9. The zero-order valence-electron chi connectivity index (χ0n) is 19.4. The summed E-state index contributed by atoms with van der Waals surface area (Å²) in [6, 6.07) is 24.6. The van der Waals surface area contributed by atoms with Crippen LogP contribution >= 0.6 is 23.4 Å². The average Bonchev–Trinajstić information content (AvgIpc) is 3.55. The number of aromatic nitrogens is 5. The van der Waals surface area contributed by atoms with Crippen LogP contribution in [0.3, 0.4) is 0 Å². The molecule has 0 bridgehead atoms. The van der Waals surface area contributed by atoms with Gasteiger partial charge in [-0.25, -0.2) is 0 Å². The lowest BCUT2D eigenvalue weighted by Gasteiger charge is -2.11. The largest absolute Gasteiger partial charge is 0.494 e. The minimum atomic E-state index is 0.225. The SMILES string of the molecule is CCOc1ccc(OCc2nnc(SCc3nnc(-c4ccccc4)o3)n2-c2ccc(Cl)cc2)cc1. The molecule has 0 fully saturated rings. The number of ether oxygens (including phenoxy) is 2. The van der Waals surface area contributed by atoms with Gasteiger partial charge in [0.25, 0.3) is 0 Å². The van der Waals surface area contributed by atoms with E-state index in [1.54, 1.807) is 0 Å². The van der Waals surface area contributed by atoms with Crippen LogP contribution in [-0.4, -0.2) is 31.6 Å². The lowest BCUT2D eigenvalue weighted by Crippen LogP contribution is -2.06. The van der Waals surface area contributed by atoms with Crippen LogP contribution in [0.5, 0.6) is 11.5 Å². The van der Waals surface area contributed by atoms with Crippen molar-refractivity contribution in [3.05, 3.63) is 95.6 Å². The maximum absolute atomic E-state index is 6.11. The lowest BCUT2D eigenvalue weighted by molar-refractivity contribution is 0.291. The molecule has 0 radical (unpaired) electrons. The Hall–Kier alpha value is -3.82. The molecule has 0 saturated heterocycles. The zero-order chi connectivity index (χ0) is 24.7. The second-order valence-corrected chi connectivity index (χ2v) is 8.94. The third kappa shape index (κ3) is 5.69. The molecule has 5 aromatic rings. The minimum Gasteiger partial charge on any atom is -0.494 e. The minimum absolute atomic E-state index is 0.225. The Kier molecular flexibility index (Phi) is 7.49. The van der Waals surface area contributed by atoms with Gasteiger partial charge in [-0.1, -0.05) is 41.6 Å². The summed E-state index contributed by atoms with van der Waals surface area (Å²) >= 11 is 7.56. The normalized spacial score (nSPS) is 10.9. The third-order valence-corrected chi connectivity index (χ3v) is 6.27. The van der Waals surface area contributed by atoms with Crippen LogP contribution in [0.4, 0.5) is 0 Å². The number of hydrogen-bond donors (Lipinski definition) is 0. The molecule has 3 aromatic carbocycles. The molecule has 0 aliphatic rings. The van der Waals surface area contributed by atoms with Crippen molar-refractivity contribution in [3.8, 4) is 28.6 Å². The Balaban J connectivity index is 1.34. The van der Waals surface area contributed by atoms with Crippen LogP contribution in [0.1, 0.15) is 18.6 Å². The highest BCUT2D eigenvalue weighted by Crippen LogP contribution is 2.28. The first-order chi connectivity index (χ1) is 17.7. The highest BCUT2D eigenvalue weighted by Gasteiger charge is 2.17. The Morgan fingerprint density at radius 3 is 2.28 bits per heavy atom. The Bertz CT molecular complexity index is 1410. The molecule has 0 N–H and O–H groups in total. The van der Waals surface area contributed by atoms with E-state index < -0.39 is 0 Å². The van der Waals surface area contributed by atoms with Gasteiger partial charge in [-0.3, -0.25) is 4.57 Å². The van der Waals surface area contributed by atoms with Gasteiger partial charge in [-0.2, -0.15) is 0 Å². The quantitative estimate of drug-likeness (QED) is 0.200. The molecule has 0 aliphatic carbocycles. The van der Waals surface area contributed by atoms with E-state index in [2.05, 4.69) is 20.4 Å². The van der Waals surface area contributed by atoms with Crippen LogP contribution in [0.15, 0.2) is 88.4 Å². The number of hydrogen-bond acceptors (Lipinski definition) is 8. The van der Waals surface area contributed by atoms with Crippen molar-refractivity contribution in [2.75, 3.05) is 6.61 Å². The second kappa shape index (κ2) is 11.3.